The maximum Gasteiger partial charge on any atom is 0.418 e. The Labute approximate surface area is 150 Å². The highest BCUT2D eigenvalue weighted by Crippen LogP contribution is 2.34. The first-order valence-corrected chi connectivity index (χ1v) is 8.36. The molecule has 0 spiro atoms. The number of para-hydroxylation sites is 1. The molecule has 1 heterocycles. The largest absolute Gasteiger partial charge is 0.418 e. The van der Waals surface area contributed by atoms with E-state index in [9.17, 15) is 18.0 Å². The minimum absolute atomic E-state index is 0.0603. The number of benzene rings is 2. The van der Waals surface area contributed by atoms with Gasteiger partial charge in [-0.1, -0.05) is 48.5 Å². The van der Waals surface area contributed by atoms with Crippen molar-refractivity contribution in [1.29, 1.82) is 0 Å². The molecular formula is C20H19F3N2O. The van der Waals surface area contributed by atoms with Crippen LogP contribution in [0.2, 0.25) is 0 Å². The number of nitrogens with zero attached hydrogens (tertiary/aromatic N) is 1. The molecule has 2 aromatic carbocycles. The molecular weight excluding hydrogens is 341 g/mol. The minimum atomic E-state index is -4.50. The Bertz CT molecular complexity index is 800. The second-order valence-electron chi connectivity index (χ2n) is 6.17. The Hall–Kier alpha value is -2.60. The van der Waals surface area contributed by atoms with E-state index >= 15 is 0 Å². The predicted molar refractivity (Wildman–Crippen MR) is 95.5 cm³/mol. The fourth-order valence-corrected chi connectivity index (χ4v) is 3.00. The zero-order valence-electron chi connectivity index (χ0n) is 14.1. The zero-order chi connectivity index (χ0) is 18.6. The van der Waals surface area contributed by atoms with Gasteiger partial charge in [-0.25, -0.2) is 0 Å². The Kier molecular flexibility index (Phi) is 5.42. The molecule has 1 amide bonds. The van der Waals surface area contributed by atoms with Gasteiger partial charge in [0, 0.05) is 13.1 Å². The number of rotatable bonds is 4. The van der Waals surface area contributed by atoms with E-state index in [0.29, 0.717) is 13.1 Å². The van der Waals surface area contributed by atoms with Crippen LogP contribution in [0.15, 0.2) is 60.7 Å². The quantitative estimate of drug-likeness (QED) is 0.875. The standard InChI is InChI=1S/C20H19F3N2O/c21-20(22,23)17-8-4-5-9-18(17)24-19(26)14-25-12-10-16(11-13-25)15-6-2-1-3-7-15/h1-10H,11-14H2,(H,24,26). The number of amides is 1. The average Bonchev–Trinajstić information content (AvgIpc) is 2.62. The van der Waals surface area contributed by atoms with Gasteiger partial charge in [-0.3, -0.25) is 9.69 Å². The lowest BCUT2D eigenvalue weighted by Gasteiger charge is -2.26. The van der Waals surface area contributed by atoms with Crippen LogP contribution in [0.3, 0.4) is 0 Å². The summed E-state index contributed by atoms with van der Waals surface area (Å²) < 4.78 is 39.0. The van der Waals surface area contributed by atoms with E-state index in [1.807, 2.05) is 35.2 Å². The second-order valence-corrected chi connectivity index (χ2v) is 6.17. The van der Waals surface area contributed by atoms with E-state index in [4.69, 9.17) is 0 Å². The van der Waals surface area contributed by atoms with E-state index in [-0.39, 0.29) is 12.2 Å². The molecule has 1 aliphatic rings. The van der Waals surface area contributed by atoms with Crippen molar-refractivity contribution in [2.45, 2.75) is 12.6 Å². The van der Waals surface area contributed by atoms with Crippen LogP contribution in [-0.2, 0) is 11.0 Å². The van der Waals surface area contributed by atoms with E-state index < -0.39 is 17.6 Å². The van der Waals surface area contributed by atoms with Gasteiger partial charge in [0.1, 0.15) is 0 Å². The van der Waals surface area contributed by atoms with Crippen molar-refractivity contribution in [3.05, 3.63) is 71.8 Å². The lowest BCUT2D eigenvalue weighted by molar-refractivity contribution is -0.137. The van der Waals surface area contributed by atoms with Gasteiger partial charge in [0.25, 0.3) is 0 Å². The van der Waals surface area contributed by atoms with Gasteiger partial charge in [0.15, 0.2) is 0 Å². The van der Waals surface area contributed by atoms with Crippen LogP contribution in [-0.4, -0.2) is 30.4 Å². The highest BCUT2D eigenvalue weighted by atomic mass is 19.4. The van der Waals surface area contributed by atoms with Gasteiger partial charge in [-0.2, -0.15) is 13.2 Å². The van der Waals surface area contributed by atoms with Crippen molar-refractivity contribution in [3.8, 4) is 0 Å². The van der Waals surface area contributed by atoms with Crippen LogP contribution < -0.4 is 5.32 Å². The van der Waals surface area contributed by atoms with Crippen molar-refractivity contribution in [3.63, 3.8) is 0 Å². The minimum Gasteiger partial charge on any atom is -0.324 e. The maximum atomic E-state index is 13.0. The van der Waals surface area contributed by atoms with Crippen molar-refractivity contribution in [2.24, 2.45) is 0 Å². The normalized spacial score (nSPS) is 15.4. The van der Waals surface area contributed by atoms with Crippen molar-refractivity contribution < 1.29 is 18.0 Å². The fraction of sp³-hybridized carbons (Fsp3) is 0.250. The number of anilines is 1. The van der Waals surface area contributed by atoms with Crippen LogP contribution in [0.1, 0.15) is 17.5 Å². The number of nitrogens with one attached hydrogen (secondary N) is 1. The number of alkyl halides is 3. The van der Waals surface area contributed by atoms with Gasteiger partial charge < -0.3 is 5.32 Å². The van der Waals surface area contributed by atoms with Gasteiger partial charge in [-0.05, 0) is 29.7 Å². The topological polar surface area (TPSA) is 32.3 Å². The van der Waals surface area contributed by atoms with Gasteiger partial charge in [0.05, 0.1) is 17.8 Å². The molecule has 0 aromatic heterocycles. The predicted octanol–water partition coefficient (Wildman–Crippen LogP) is 4.43. The number of hydrogen-bond donors (Lipinski definition) is 1. The molecule has 1 aliphatic heterocycles. The number of carbonyl (C=O) groups excluding carboxylic acids is 1. The SMILES string of the molecule is O=C(CN1CC=C(c2ccccc2)CC1)Nc1ccccc1C(F)(F)F. The third-order valence-corrected chi connectivity index (χ3v) is 4.31. The Morgan fingerprint density at radius 3 is 2.38 bits per heavy atom. The molecule has 3 nitrogen and oxygen atoms in total. The molecule has 0 saturated carbocycles. The highest BCUT2D eigenvalue weighted by molar-refractivity contribution is 5.93. The Morgan fingerprint density at radius 1 is 1.04 bits per heavy atom. The summed E-state index contributed by atoms with van der Waals surface area (Å²) in [5, 5.41) is 2.39. The second kappa shape index (κ2) is 7.74. The summed E-state index contributed by atoms with van der Waals surface area (Å²) in [6.07, 6.45) is -1.63. The molecule has 0 fully saturated rings. The third-order valence-electron chi connectivity index (χ3n) is 4.31. The molecule has 2 aromatic rings. The zero-order valence-corrected chi connectivity index (χ0v) is 14.1. The van der Waals surface area contributed by atoms with Gasteiger partial charge >= 0.3 is 6.18 Å². The summed E-state index contributed by atoms with van der Waals surface area (Å²) in [4.78, 5) is 14.1. The molecule has 0 radical (unpaired) electrons. The number of hydrogen-bond acceptors (Lipinski definition) is 2. The maximum absolute atomic E-state index is 13.0. The lowest BCUT2D eigenvalue weighted by Crippen LogP contribution is -2.36. The average molecular weight is 360 g/mol. The Morgan fingerprint density at radius 2 is 1.73 bits per heavy atom. The molecule has 0 atom stereocenters. The molecule has 1 N–H and O–H groups in total. The first-order chi connectivity index (χ1) is 12.4. The molecule has 0 saturated heterocycles. The summed E-state index contributed by atoms with van der Waals surface area (Å²) in [5.74, 6) is -0.446. The summed E-state index contributed by atoms with van der Waals surface area (Å²) >= 11 is 0. The molecule has 3 rings (SSSR count). The monoisotopic (exact) mass is 360 g/mol. The van der Waals surface area contributed by atoms with E-state index in [0.717, 1.165) is 18.1 Å². The molecule has 136 valence electrons. The smallest absolute Gasteiger partial charge is 0.324 e. The van der Waals surface area contributed by atoms with Crippen LogP contribution in [0, 0.1) is 0 Å². The summed E-state index contributed by atoms with van der Waals surface area (Å²) in [5.41, 5.74) is 1.35. The first-order valence-electron chi connectivity index (χ1n) is 8.36. The summed E-state index contributed by atoms with van der Waals surface area (Å²) in [6.45, 7) is 1.35. The number of halogens is 3. The molecule has 26 heavy (non-hydrogen) atoms. The van der Waals surface area contributed by atoms with E-state index in [2.05, 4.69) is 11.4 Å². The van der Waals surface area contributed by atoms with Crippen LogP contribution in [0.25, 0.3) is 5.57 Å². The van der Waals surface area contributed by atoms with E-state index in [1.165, 1.54) is 23.8 Å². The van der Waals surface area contributed by atoms with Crippen molar-refractivity contribution in [1.82, 2.24) is 4.90 Å². The van der Waals surface area contributed by atoms with Gasteiger partial charge in [-0.15, -0.1) is 0 Å². The lowest BCUT2D eigenvalue weighted by atomic mass is 10.00. The summed E-state index contributed by atoms with van der Waals surface area (Å²) in [7, 11) is 0. The van der Waals surface area contributed by atoms with E-state index in [1.54, 1.807) is 0 Å². The highest BCUT2D eigenvalue weighted by Gasteiger charge is 2.33. The van der Waals surface area contributed by atoms with Crippen molar-refractivity contribution in [2.75, 3.05) is 25.0 Å². The first kappa shape index (κ1) is 18.2. The third kappa shape index (κ3) is 4.52. The van der Waals surface area contributed by atoms with Gasteiger partial charge in [0.2, 0.25) is 5.91 Å². The van der Waals surface area contributed by atoms with Crippen LogP contribution in [0.4, 0.5) is 18.9 Å². The summed E-state index contributed by atoms with van der Waals surface area (Å²) in [6, 6.07) is 15.0. The van der Waals surface area contributed by atoms with Crippen LogP contribution >= 0.6 is 0 Å². The molecule has 6 heteroatoms. The molecule has 0 bridgehead atoms. The number of carbonyl (C=O) groups is 1. The van der Waals surface area contributed by atoms with Crippen LogP contribution in [0.5, 0.6) is 0 Å². The fourth-order valence-electron chi connectivity index (χ4n) is 3.00. The molecule has 0 unspecified atom stereocenters. The van der Waals surface area contributed by atoms with Crippen molar-refractivity contribution >= 4 is 17.2 Å². The molecule has 0 aliphatic carbocycles. The Balaban J connectivity index is 1.60.